The van der Waals surface area contributed by atoms with Crippen LogP contribution in [0.3, 0.4) is 0 Å². The molecular formula is C12H23N3O3S2. The first-order chi connectivity index (χ1) is 9.47. The third kappa shape index (κ3) is 4.61. The van der Waals surface area contributed by atoms with E-state index < -0.39 is 10.0 Å². The average molecular weight is 321 g/mol. The lowest BCUT2D eigenvalue weighted by molar-refractivity contribution is -0.129. The highest BCUT2D eigenvalue weighted by Crippen LogP contribution is 2.20. The Morgan fingerprint density at radius 1 is 1.20 bits per heavy atom. The number of hydrogen-bond acceptors (Lipinski definition) is 5. The van der Waals surface area contributed by atoms with E-state index in [2.05, 4.69) is 5.32 Å². The Morgan fingerprint density at radius 3 is 2.35 bits per heavy atom. The van der Waals surface area contributed by atoms with E-state index >= 15 is 0 Å². The van der Waals surface area contributed by atoms with Gasteiger partial charge in [0.1, 0.15) is 0 Å². The predicted molar refractivity (Wildman–Crippen MR) is 81.3 cm³/mol. The Kier molecular flexibility index (Phi) is 5.71. The summed E-state index contributed by atoms with van der Waals surface area (Å²) in [5.74, 6) is 0.658. The summed E-state index contributed by atoms with van der Waals surface area (Å²) in [7, 11) is -3.12. The van der Waals surface area contributed by atoms with Gasteiger partial charge < -0.3 is 10.2 Å². The van der Waals surface area contributed by atoms with E-state index in [0.717, 1.165) is 25.9 Å². The van der Waals surface area contributed by atoms with Crippen molar-refractivity contribution < 1.29 is 13.2 Å². The van der Waals surface area contributed by atoms with Crippen molar-refractivity contribution >= 4 is 27.7 Å². The topological polar surface area (TPSA) is 69.7 Å². The van der Waals surface area contributed by atoms with E-state index in [0.29, 0.717) is 37.2 Å². The number of nitrogens with zero attached hydrogens (tertiary/aromatic N) is 2. The van der Waals surface area contributed by atoms with Crippen LogP contribution in [-0.4, -0.2) is 80.1 Å². The summed E-state index contributed by atoms with van der Waals surface area (Å²) < 4.78 is 24.3. The van der Waals surface area contributed by atoms with Gasteiger partial charge in [0.15, 0.2) is 0 Å². The molecule has 0 radical (unpaired) electrons. The van der Waals surface area contributed by atoms with Crippen molar-refractivity contribution in [2.45, 2.75) is 18.1 Å². The molecule has 0 spiro atoms. The van der Waals surface area contributed by atoms with Crippen molar-refractivity contribution in [1.29, 1.82) is 0 Å². The molecule has 1 amide bonds. The smallest absolute Gasteiger partial charge is 0.232 e. The van der Waals surface area contributed by atoms with Gasteiger partial charge >= 0.3 is 0 Å². The molecule has 8 heteroatoms. The van der Waals surface area contributed by atoms with Gasteiger partial charge in [0.25, 0.3) is 0 Å². The normalized spacial score (nSPS) is 22.9. The molecule has 0 aliphatic carbocycles. The third-order valence-electron chi connectivity index (χ3n) is 3.79. The van der Waals surface area contributed by atoms with Gasteiger partial charge in [-0.25, -0.2) is 8.42 Å². The fraction of sp³-hybridized carbons (Fsp3) is 0.917. The largest absolute Gasteiger partial charge is 0.339 e. The molecule has 2 fully saturated rings. The van der Waals surface area contributed by atoms with Crippen molar-refractivity contribution in [2.75, 3.05) is 51.3 Å². The fourth-order valence-corrected chi connectivity index (χ4v) is 4.47. The van der Waals surface area contributed by atoms with Crippen molar-refractivity contribution in [2.24, 2.45) is 0 Å². The number of hydrogen-bond donors (Lipinski definition) is 1. The molecule has 0 aromatic rings. The summed E-state index contributed by atoms with van der Waals surface area (Å²) in [5, 5.41) is 3.89. The van der Waals surface area contributed by atoms with Gasteiger partial charge in [0.05, 0.1) is 12.0 Å². The summed E-state index contributed by atoms with van der Waals surface area (Å²) in [5.41, 5.74) is 0. The van der Waals surface area contributed by atoms with E-state index in [1.165, 1.54) is 10.6 Å². The first-order valence-corrected chi connectivity index (χ1v) is 9.92. The fourth-order valence-electron chi connectivity index (χ4n) is 2.51. The van der Waals surface area contributed by atoms with Crippen LogP contribution in [0, 0.1) is 0 Å². The van der Waals surface area contributed by atoms with Crippen molar-refractivity contribution in [3.8, 4) is 0 Å². The van der Waals surface area contributed by atoms with Gasteiger partial charge in [-0.1, -0.05) is 0 Å². The highest BCUT2D eigenvalue weighted by molar-refractivity contribution is 8.00. The SMILES string of the molecule is CS(=O)(=O)N1CCN(C(=O)CSC2CCNCC2)CC1. The number of rotatable bonds is 4. The van der Waals surface area contributed by atoms with Crippen molar-refractivity contribution in [3.05, 3.63) is 0 Å². The molecule has 2 saturated heterocycles. The molecular weight excluding hydrogens is 298 g/mol. The standard InChI is InChI=1S/C12H23N3O3S2/c1-20(17,18)15-8-6-14(7-9-15)12(16)10-19-11-2-4-13-5-3-11/h11,13H,2-10H2,1H3. The molecule has 0 bridgehead atoms. The minimum Gasteiger partial charge on any atom is -0.339 e. The lowest BCUT2D eigenvalue weighted by atomic mass is 10.2. The zero-order chi connectivity index (χ0) is 14.6. The van der Waals surface area contributed by atoms with Crippen molar-refractivity contribution in [3.63, 3.8) is 0 Å². The molecule has 116 valence electrons. The Morgan fingerprint density at radius 2 is 1.80 bits per heavy atom. The van der Waals surface area contributed by atoms with Crippen LogP contribution in [0.1, 0.15) is 12.8 Å². The molecule has 6 nitrogen and oxygen atoms in total. The van der Waals surface area contributed by atoms with Crippen LogP contribution in [0.25, 0.3) is 0 Å². The number of thioether (sulfide) groups is 1. The van der Waals surface area contributed by atoms with Crippen LogP contribution in [0.15, 0.2) is 0 Å². The zero-order valence-electron chi connectivity index (χ0n) is 11.9. The van der Waals surface area contributed by atoms with Crippen LogP contribution < -0.4 is 5.32 Å². The number of piperazine rings is 1. The summed E-state index contributed by atoms with van der Waals surface area (Å²) in [4.78, 5) is 13.9. The van der Waals surface area contributed by atoms with E-state index in [1.54, 1.807) is 16.7 Å². The Hall–Kier alpha value is -0.310. The zero-order valence-corrected chi connectivity index (χ0v) is 13.5. The molecule has 1 N–H and O–H groups in total. The second-order valence-electron chi connectivity index (χ2n) is 5.30. The van der Waals surface area contributed by atoms with Gasteiger partial charge in [0.2, 0.25) is 15.9 Å². The predicted octanol–water partition coefficient (Wildman–Crippen LogP) is -0.425. The number of carbonyl (C=O) groups excluding carboxylic acids is 1. The van der Waals surface area contributed by atoms with Gasteiger partial charge in [-0.2, -0.15) is 4.31 Å². The molecule has 2 aliphatic heterocycles. The lowest BCUT2D eigenvalue weighted by Crippen LogP contribution is -2.50. The van der Waals surface area contributed by atoms with Crippen LogP contribution >= 0.6 is 11.8 Å². The number of piperidine rings is 1. The van der Waals surface area contributed by atoms with Crippen LogP contribution in [0.4, 0.5) is 0 Å². The Labute approximate surface area is 125 Å². The maximum Gasteiger partial charge on any atom is 0.232 e. The van der Waals surface area contributed by atoms with Crippen LogP contribution in [0.5, 0.6) is 0 Å². The lowest BCUT2D eigenvalue weighted by Gasteiger charge is -2.33. The molecule has 2 heterocycles. The Balaban J connectivity index is 1.71. The van der Waals surface area contributed by atoms with Gasteiger partial charge in [-0.05, 0) is 25.9 Å². The number of sulfonamides is 1. The highest BCUT2D eigenvalue weighted by Gasteiger charge is 2.26. The molecule has 0 saturated carbocycles. The minimum atomic E-state index is -3.12. The maximum atomic E-state index is 12.1. The monoisotopic (exact) mass is 321 g/mol. The van der Waals surface area contributed by atoms with E-state index in [9.17, 15) is 13.2 Å². The molecule has 0 atom stereocenters. The van der Waals surface area contributed by atoms with Crippen molar-refractivity contribution in [1.82, 2.24) is 14.5 Å². The van der Waals surface area contributed by atoms with E-state index in [4.69, 9.17) is 0 Å². The number of nitrogens with one attached hydrogen (secondary N) is 1. The highest BCUT2D eigenvalue weighted by atomic mass is 32.2. The molecule has 20 heavy (non-hydrogen) atoms. The average Bonchev–Trinajstić information content (AvgIpc) is 2.45. The van der Waals surface area contributed by atoms with Gasteiger partial charge in [0, 0.05) is 31.4 Å². The molecule has 2 aliphatic rings. The van der Waals surface area contributed by atoms with Crippen LogP contribution in [-0.2, 0) is 14.8 Å². The molecule has 2 rings (SSSR count). The number of amides is 1. The summed E-state index contributed by atoms with van der Waals surface area (Å²) in [6.45, 7) is 3.94. The minimum absolute atomic E-state index is 0.140. The van der Waals surface area contributed by atoms with E-state index in [1.807, 2.05) is 0 Å². The number of carbonyl (C=O) groups is 1. The molecule has 0 aromatic heterocycles. The Bertz CT molecular complexity index is 427. The first kappa shape index (κ1) is 16.1. The quantitative estimate of drug-likeness (QED) is 0.761. The van der Waals surface area contributed by atoms with Gasteiger partial charge in [-0.15, -0.1) is 11.8 Å². The summed E-state index contributed by atoms with van der Waals surface area (Å²) in [6, 6.07) is 0. The maximum absolute atomic E-state index is 12.1. The second-order valence-corrected chi connectivity index (χ2v) is 8.57. The molecule has 0 unspecified atom stereocenters. The van der Waals surface area contributed by atoms with E-state index in [-0.39, 0.29) is 5.91 Å². The second kappa shape index (κ2) is 7.11. The summed E-state index contributed by atoms with van der Waals surface area (Å²) >= 11 is 1.74. The summed E-state index contributed by atoms with van der Waals surface area (Å²) in [6.07, 6.45) is 3.47. The van der Waals surface area contributed by atoms with Gasteiger partial charge in [-0.3, -0.25) is 4.79 Å². The third-order valence-corrected chi connectivity index (χ3v) is 6.45. The first-order valence-electron chi connectivity index (χ1n) is 7.02. The van der Waals surface area contributed by atoms with Crippen LogP contribution in [0.2, 0.25) is 0 Å². The molecule has 0 aromatic carbocycles.